The number of thiophene rings is 1. The summed E-state index contributed by atoms with van der Waals surface area (Å²) < 4.78 is 5.40. The van der Waals surface area contributed by atoms with E-state index in [1.165, 1.54) is 0 Å². The van der Waals surface area contributed by atoms with Gasteiger partial charge in [0.05, 0.1) is 25.1 Å². The van der Waals surface area contributed by atoms with E-state index in [1.54, 1.807) is 23.6 Å². The number of morpholine rings is 1. The zero-order valence-electron chi connectivity index (χ0n) is 15.2. The van der Waals surface area contributed by atoms with Gasteiger partial charge in [-0.05, 0) is 17.5 Å². The molecule has 0 N–H and O–H groups in total. The van der Waals surface area contributed by atoms with Crippen molar-refractivity contribution in [3.05, 3.63) is 40.7 Å². The van der Waals surface area contributed by atoms with E-state index in [-0.39, 0.29) is 5.91 Å². The first-order valence-corrected chi connectivity index (χ1v) is 10.1. The summed E-state index contributed by atoms with van der Waals surface area (Å²) in [5.74, 6) is 0.970. The Hall–Kier alpha value is -2.45. The standard InChI is InChI=1S/C19H23N5O2S/c25-19(4-3-17-2-1-13-27-17)24-7-5-22(6-8-24)16-14-18(21-20-15-16)23-9-11-26-12-10-23/h1-4,13-15H,5-12H2/b4-3+. The maximum absolute atomic E-state index is 12.4. The molecule has 0 saturated carbocycles. The SMILES string of the molecule is O=C(/C=C/c1cccs1)N1CCN(c2cnnc(N3CCOCC3)c2)CC1. The van der Waals surface area contributed by atoms with E-state index >= 15 is 0 Å². The first-order valence-electron chi connectivity index (χ1n) is 9.20. The van der Waals surface area contributed by atoms with Gasteiger partial charge in [-0.3, -0.25) is 4.79 Å². The summed E-state index contributed by atoms with van der Waals surface area (Å²) >= 11 is 1.63. The molecule has 0 bridgehead atoms. The van der Waals surface area contributed by atoms with E-state index < -0.39 is 0 Å². The van der Waals surface area contributed by atoms with Gasteiger partial charge in [0, 0.05) is 56.3 Å². The number of nitrogens with zero attached hydrogens (tertiary/aromatic N) is 5. The summed E-state index contributed by atoms with van der Waals surface area (Å²) in [4.78, 5) is 19.9. The van der Waals surface area contributed by atoms with Gasteiger partial charge in [-0.1, -0.05) is 6.07 Å². The zero-order chi connectivity index (χ0) is 18.5. The van der Waals surface area contributed by atoms with E-state index in [4.69, 9.17) is 4.74 Å². The number of carbonyl (C=O) groups excluding carboxylic acids is 1. The first-order chi connectivity index (χ1) is 13.3. The summed E-state index contributed by atoms with van der Waals surface area (Å²) in [6, 6.07) is 6.09. The number of hydrogen-bond acceptors (Lipinski definition) is 7. The van der Waals surface area contributed by atoms with Crippen LogP contribution in [0.3, 0.4) is 0 Å². The predicted octanol–water partition coefficient (Wildman–Crippen LogP) is 1.74. The molecule has 2 saturated heterocycles. The van der Waals surface area contributed by atoms with Crippen LogP contribution >= 0.6 is 11.3 Å². The molecule has 4 heterocycles. The van der Waals surface area contributed by atoms with E-state index in [2.05, 4.69) is 26.1 Å². The van der Waals surface area contributed by atoms with Crippen LogP contribution in [0.1, 0.15) is 4.88 Å². The minimum atomic E-state index is 0.0740. The fourth-order valence-corrected chi connectivity index (χ4v) is 3.91. The molecule has 142 valence electrons. The Balaban J connectivity index is 1.34. The van der Waals surface area contributed by atoms with Crippen LogP contribution in [0.4, 0.5) is 11.5 Å². The molecular weight excluding hydrogens is 362 g/mol. The van der Waals surface area contributed by atoms with Gasteiger partial charge in [0.25, 0.3) is 0 Å². The average Bonchev–Trinajstić information content (AvgIpc) is 3.27. The van der Waals surface area contributed by atoms with Crippen molar-refractivity contribution in [2.24, 2.45) is 0 Å². The van der Waals surface area contributed by atoms with Crippen LogP contribution < -0.4 is 9.80 Å². The van der Waals surface area contributed by atoms with Crippen molar-refractivity contribution < 1.29 is 9.53 Å². The van der Waals surface area contributed by atoms with E-state index in [0.29, 0.717) is 13.1 Å². The maximum atomic E-state index is 12.4. The molecule has 0 atom stereocenters. The molecule has 0 spiro atoms. The molecule has 2 aliphatic heterocycles. The second kappa shape index (κ2) is 8.49. The Morgan fingerprint density at radius 2 is 1.93 bits per heavy atom. The van der Waals surface area contributed by atoms with Crippen molar-refractivity contribution in [3.63, 3.8) is 0 Å². The highest BCUT2D eigenvalue weighted by atomic mass is 32.1. The number of hydrogen-bond donors (Lipinski definition) is 0. The van der Waals surface area contributed by atoms with Crippen LogP contribution in [0.2, 0.25) is 0 Å². The lowest BCUT2D eigenvalue weighted by Gasteiger charge is -2.36. The van der Waals surface area contributed by atoms with Crippen LogP contribution in [-0.2, 0) is 9.53 Å². The highest BCUT2D eigenvalue weighted by Crippen LogP contribution is 2.21. The molecule has 7 nitrogen and oxygen atoms in total. The minimum Gasteiger partial charge on any atom is -0.378 e. The smallest absolute Gasteiger partial charge is 0.246 e. The van der Waals surface area contributed by atoms with Crippen LogP contribution in [0.15, 0.2) is 35.9 Å². The van der Waals surface area contributed by atoms with Crippen LogP contribution in [0.5, 0.6) is 0 Å². The lowest BCUT2D eigenvalue weighted by molar-refractivity contribution is -0.126. The Morgan fingerprint density at radius 3 is 2.67 bits per heavy atom. The third-order valence-corrected chi connectivity index (χ3v) is 5.69. The van der Waals surface area contributed by atoms with Crippen molar-refractivity contribution >= 4 is 34.8 Å². The van der Waals surface area contributed by atoms with Crippen LogP contribution in [0, 0.1) is 0 Å². The van der Waals surface area contributed by atoms with Gasteiger partial charge in [-0.2, -0.15) is 5.10 Å². The third-order valence-electron chi connectivity index (χ3n) is 4.85. The zero-order valence-corrected chi connectivity index (χ0v) is 16.0. The Labute approximate surface area is 162 Å². The molecule has 2 aromatic rings. The molecule has 0 aliphatic carbocycles. The van der Waals surface area contributed by atoms with Crippen LogP contribution in [-0.4, -0.2) is 73.5 Å². The van der Waals surface area contributed by atoms with Crippen LogP contribution in [0.25, 0.3) is 6.08 Å². The molecule has 27 heavy (non-hydrogen) atoms. The van der Waals surface area contributed by atoms with Gasteiger partial charge in [0.1, 0.15) is 0 Å². The molecule has 0 aromatic carbocycles. The Kier molecular flexibility index (Phi) is 5.64. The third kappa shape index (κ3) is 4.45. The highest BCUT2D eigenvalue weighted by molar-refractivity contribution is 7.10. The van der Waals surface area contributed by atoms with Gasteiger partial charge >= 0.3 is 0 Å². The van der Waals surface area contributed by atoms with E-state index in [0.717, 1.165) is 55.8 Å². The number of piperazine rings is 1. The number of anilines is 2. The minimum absolute atomic E-state index is 0.0740. The van der Waals surface area contributed by atoms with Gasteiger partial charge in [0.2, 0.25) is 5.91 Å². The number of rotatable bonds is 4. The molecule has 0 unspecified atom stereocenters. The second-order valence-electron chi connectivity index (χ2n) is 6.53. The summed E-state index contributed by atoms with van der Waals surface area (Å²) in [6.45, 7) is 6.16. The Bertz CT molecular complexity index is 781. The Morgan fingerprint density at radius 1 is 1.11 bits per heavy atom. The van der Waals surface area contributed by atoms with Gasteiger partial charge < -0.3 is 19.4 Å². The summed E-state index contributed by atoms with van der Waals surface area (Å²) in [7, 11) is 0. The average molecular weight is 385 g/mol. The molecule has 2 fully saturated rings. The number of ether oxygens (including phenoxy) is 1. The summed E-state index contributed by atoms with van der Waals surface area (Å²) in [5.41, 5.74) is 1.06. The quantitative estimate of drug-likeness (QED) is 0.747. The van der Waals surface area contributed by atoms with Gasteiger partial charge in [0.15, 0.2) is 5.82 Å². The number of amides is 1. The molecular formula is C19H23N5O2S. The topological polar surface area (TPSA) is 61.8 Å². The van der Waals surface area contributed by atoms with Crippen molar-refractivity contribution in [2.45, 2.75) is 0 Å². The summed E-state index contributed by atoms with van der Waals surface area (Å²) in [5, 5.41) is 10.5. The summed E-state index contributed by atoms with van der Waals surface area (Å²) in [6.07, 6.45) is 5.37. The van der Waals surface area contributed by atoms with E-state index in [1.807, 2.05) is 28.5 Å². The maximum Gasteiger partial charge on any atom is 0.246 e. The molecule has 4 rings (SSSR count). The van der Waals surface area contributed by atoms with Gasteiger partial charge in [-0.25, -0.2) is 0 Å². The lowest BCUT2D eigenvalue weighted by atomic mass is 10.2. The second-order valence-corrected chi connectivity index (χ2v) is 7.51. The van der Waals surface area contributed by atoms with Crippen molar-refractivity contribution in [3.8, 4) is 0 Å². The molecule has 2 aromatic heterocycles. The number of carbonyl (C=O) groups is 1. The van der Waals surface area contributed by atoms with Gasteiger partial charge in [-0.15, -0.1) is 16.4 Å². The van der Waals surface area contributed by atoms with Crippen molar-refractivity contribution in [1.29, 1.82) is 0 Å². The predicted molar refractivity (Wildman–Crippen MR) is 107 cm³/mol. The molecule has 1 amide bonds. The molecule has 2 aliphatic rings. The lowest BCUT2D eigenvalue weighted by Crippen LogP contribution is -2.48. The largest absolute Gasteiger partial charge is 0.378 e. The molecule has 0 radical (unpaired) electrons. The molecule has 8 heteroatoms. The highest BCUT2D eigenvalue weighted by Gasteiger charge is 2.21. The van der Waals surface area contributed by atoms with Crippen molar-refractivity contribution in [1.82, 2.24) is 15.1 Å². The normalized spacial score (nSPS) is 18.3. The monoisotopic (exact) mass is 385 g/mol. The van der Waals surface area contributed by atoms with E-state index in [9.17, 15) is 4.79 Å². The van der Waals surface area contributed by atoms with Crippen molar-refractivity contribution in [2.75, 3.05) is 62.3 Å². The number of aromatic nitrogens is 2. The first kappa shape index (κ1) is 17.9. The fraction of sp³-hybridized carbons (Fsp3) is 0.421. The fourth-order valence-electron chi connectivity index (χ4n) is 3.30.